The van der Waals surface area contributed by atoms with E-state index in [1.807, 2.05) is 26.0 Å². The van der Waals surface area contributed by atoms with Crippen molar-refractivity contribution in [2.75, 3.05) is 18.5 Å². The summed E-state index contributed by atoms with van der Waals surface area (Å²) in [5.41, 5.74) is 0.719. The highest BCUT2D eigenvalue weighted by Gasteiger charge is 2.32. The summed E-state index contributed by atoms with van der Waals surface area (Å²) in [6.45, 7) is 4.86. The zero-order chi connectivity index (χ0) is 13.5. The van der Waals surface area contributed by atoms with Crippen LogP contribution in [0.4, 0.5) is 5.69 Å². The predicted octanol–water partition coefficient (Wildman–Crippen LogP) is 2.17. The van der Waals surface area contributed by atoms with Crippen LogP contribution in [-0.2, 0) is 9.53 Å². The van der Waals surface area contributed by atoms with E-state index >= 15 is 0 Å². The van der Waals surface area contributed by atoms with Gasteiger partial charge in [0.1, 0.15) is 0 Å². The molecule has 0 aliphatic carbocycles. The summed E-state index contributed by atoms with van der Waals surface area (Å²) in [6.07, 6.45) is 0.781. The maximum atomic E-state index is 12.0. The summed E-state index contributed by atoms with van der Waals surface area (Å²) in [7, 11) is 0. The second-order valence-electron chi connectivity index (χ2n) is 5.32. The molecule has 5 heteroatoms. The van der Waals surface area contributed by atoms with Crippen LogP contribution in [0.5, 0.6) is 11.5 Å². The maximum absolute atomic E-state index is 12.0. The minimum absolute atomic E-state index is 0.00405. The first-order chi connectivity index (χ1) is 9.03. The Morgan fingerprint density at radius 1 is 1.32 bits per heavy atom. The maximum Gasteiger partial charge on any atom is 0.246 e. The number of fused-ring (bicyclic) bond motifs is 1. The molecule has 2 aliphatic heterocycles. The van der Waals surface area contributed by atoms with Crippen molar-refractivity contribution in [1.82, 2.24) is 0 Å². The Hall–Kier alpha value is -1.75. The van der Waals surface area contributed by atoms with Crippen molar-refractivity contribution < 1.29 is 19.0 Å². The monoisotopic (exact) mass is 263 g/mol. The van der Waals surface area contributed by atoms with Crippen LogP contribution in [-0.4, -0.2) is 24.9 Å². The first-order valence-corrected chi connectivity index (χ1v) is 6.44. The third-order valence-corrected chi connectivity index (χ3v) is 3.22. The van der Waals surface area contributed by atoms with Gasteiger partial charge in [-0.15, -0.1) is 0 Å². The van der Waals surface area contributed by atoms with Gasteiger partial charge in [-0.3, -0.25) is 4.79 Å². The molecule has 1 fully saturated rings. The average Bonchev–Trinajstić information content (AvgIpc) is 2.93. The molecule has 2 aliphatic rings. The molecule has 1 aromatic rings. The Morgan fingerprint density at radius 3 is 2.84 bits per heavy atom. The lowest BCUT2D eigenvalue weighted by atomic mass is 10.1. The molecular weight excluding hydrogens is 246 g/mol. The molecule has 1 unspecified atom stereocenters. The molecule has 3 rings (SSSR count). The molecule has 1 atom stereocenters. The standard InChI is InChI=1S/C14H17NO4/c1-14(2)18-11-4-3-10(7-12(11)19-14)15-13(16)9-5-6-17-8-9/h3-4,7,9H,5-6,8H2,1-2H3,(H,15,16). The number of hydrogen-bond donors (Lipinski definition) is 1. The number of rotatable bonds is 2. The summed E-state index contributed by atoms with van der Waals surface area (Å²) in [6, 6.07) is 5.42. The number of benzene rings is 1. The van der Waals surface area contributed by atoms with E-state index in [1.54, 1.807) is 6.07 Å². The second-order valence-corrected chi connectivity index (χ2v) is 5.32. The molecule has 19 heavy (non-hydrogen) atoms. The molecule has 1 aromatic carbocycles. The molecule has 1 N–H and O–H groups in total. The molecule has 0 radical (unpaired) electrons. The van der Waals surface area contributed by atoms with Crippen LogP contribution in [0.3, 0.4) is 0 Å². The number of nitrogens with one attached hydrogen (secondary N) is 1. The number of amides is 1. The summed E-state index contributed by atoms with van der Waals surface area (Å²) < 4.78 is 16.5. The number of ether oxygens (including phenoxy) is 3. The van der Waals surface area contributed by atoms with Gasteiger partial charge in [-0.1, -0.05) is 0 Å². The van der Waals surface area contributed by atoms with E-state index in [2.05, 4.69) is 5.32 Å². The highest BCUT2D eigenvalue weighted by Crippen LogP contribution is 2.40. The number of carbonyl (C=O) groups excluding carboxylic acids is 1. The topological polar surface area (TPSA) is 56.8 Å². The molecule has 0 saturated carbocycles. The minimum Gasteiger partial charge on any atom is -0.449 e. The summed E-state index contributed by atoms with van der Waals surface area (Å²) in [5, 5.41) is 2.89. The van der Waals surface area contributed by atoms with Crippen molar-refractivity contribution >= 4 is 11.6 Å². The molecular formula is C14H17NO4. The van der Waals surface area contributed by atoms with E-state index in [9.17, 15) is 4.79 Å². The smallest absolute Gasteiger partial charge is 0.246 e. The van der Waals surface area contributed by atoms with E-state index in [-0.39, 0.29) is 11.8 Å². The molecule has 0 aromatic heterocycles. The van der Waals surface area contributed by atoms with Crippen LogP contribution in [0.15, 0.2) is 18.2 Å². The Kier molecular flexibility index (Phi) is 2.86. The summed E-state index contributed by atoms with van der Waals surface area (Å²) >= 11 is 0. The summed E-state index contributed by atoms with van der Waals surface area (Å²) in [5.74, 6) is 0.653. The Balaban J connectivity index is 1.71. The lowest BCUT2D eigenvalue weighted by Crippen LogP contribution is -2.29. The fourth-order valence-corrected chi connectivity index (χ4v) is 2.29. The Labute approximate surface area is 111 Å². The molecule has 102 valence electrons. The minimum atomic E-state index is -0.649. The van der Waals surface area contributed by atoms with E-state index in [1.165, 1.54) is 0 Å². The molecule has 0 spiro atoms. The predicted molar refractivity (Wildman–Crippen MR) is 69.3 cm³/mol. The SMILES string of the molecule is CC1(C)Oc2ccc(NC(=O)C3CCOC3)cc2O1. The van der Waals surface area contributed by atoms with Crippen molar-refractivity contribution in [2.45, 2.75) is 26.1 Å². The van der Waals surface area contributed by atoms with Crippen molar-refractivity contribution in [3.63, 3.8) is 0 Å². The third kappa shape index (κ3) is 2.51. The van der Waals surface area contributed by atoms with E-state index < -0.39 is 5.79 Å². The number of carbonyl (C=O) groups is 1. The van der Waals surface area contributed by atoms with Gasteiger partial charge in [0.25, 0.3) is 0 Å². The van der Waals surface area contributed by atoms with E-state index in [0.717, 1.165) is 12.1 Å². The van der Waals surface area contributed by atoms with Crippen molar-refractivity contribution in [1.29, 1.82) is 0 Å². The number of anilines is 1. The van der Waals surface area contributed by atoms with Crippen LogP contribution >= 0.6 is 0 Å². The summed E-state index contributed by atoms with van der Waals surface area (Å²) in [4.78, 5) is 12.0. The fourth-order valence-electron chi connectivity index (χ4n) is 2.29. The second kappa shape index (κ2) is 4.42. The van der Waals surface area contributed by atoms with Crippen molar-refractivity contribution in [3.05, 3.63) is 18.2 Å². The van der Waals surface area contributed by atoms with Gasteiger partial charge in [-0.05, 0) is 18.6 Å². The lowest BCUT2D eigenvalue weighted by Gasteiger charge is -2.16. The van der Waals surface area contributed by atoms with Crippen LogP contribution < -0.4 is 14.8 Å². The van der Waals surface area contributed by atoms with Gasteiger partial charge >= 0.3 is 0 Å². The van der Waals surface area contributed by atoms with Crippen LogP contribution in [0.25, 0.3) is 0 Å². The normalized spacial score (nSPS) is 23.4. The van der Waals surface area contributed by atoms with Gasteiger partial charge in [-0.2, -0.15) is 0 Å². The molecule has 1 saturated heterocycles. The van der Waals surface area contributed by atoms with Gasteiger partial charge in [-0.25, -0.2) is 0 Å². The number of hydrogen-bond acceptors (Lipinski definition) is 4. The van der Waals surface area contributed by atoms with Crippen molar-refractivity contribution in [2.24, 2.45) is 5.92 Å². The Bertz CT molecular complexity index is 506. The molecule has 1 amide bonds. The first kappa shape index (κ1) is 12.3. The highest BCUT2D eigenvalue weighted by molar-refractivity contribution is 5.93. The quantitative estimate of drug-likeness (QED) is 0.888. The van der Waals surface area contributed by atoms with Crippen LogP contribution in [0.2, 0.25) is 0 Å². The largest absolute Gasteiger partial charge is 0.449 e. The lowest BCUT2D eigenvalue weighted by molar-refractivity contribution is -0.119. The Morgan fingerprint density at radius 2 is 2.11 bits per heavy atom. The zero-order valence-electron chi connectivity index (χ0n) is 11.1. The van der Waals surface area contributed by atoms with Crippen LogP contribution in [0.1, 0.15) is 20.3 Å². The highest BCUT2D eigenvalue weighted by atomic mass is 16.7. The van der Waals surface area contributed by atoms with Gasteiger partial charge in [0.05, 0.1) is 12.5 Å². The van der Waals surface area contributed by atoms with Gasteiger partial charge in [0.15, 0.2) is 11.5 Å². The van der Waals surface area contributed by atoms with Gasteiger partial charge < -0.3 is 19.5 Å². The zero-order valence-corrected chi connectivity index (χ0v) is 11.1. The van der Waals surface area contributed by atoms with Crippen LogP contribution in [0, 0.1) is 5.92 Å². The van der Waals surface area contributed by atoms with Crippen molar-refractivity contribution in [3.8, 4) is 11.5 Å². The van der Waals surface area contributed by atoms with E-state index in [4.69, 9.17) is 14.2 Å². The molecule has 0 bridgehead atoms. The van der Waals surface area contributed by atoms with Gasteiger partial charge in [0.2, 0.25) is 11.7 Å². The molecule has 2 heterocycles. The van der Waals surface area contributed by atoms with Gasteiger partial charge in [0, 0.05) is 32.2 Å². The van der Waals surface area contributed by atoms with E-state index in [0.29, 0.717) is 24.7 Å². The fraction of sp³-hybridized carbons (Fsp3) is 0.500. The molecule has 5 nitrogen and oxygen atoms in total. The first-order valence-electron chi connectivity index (χ1n) is 6.44. The third-order valence-electron chi connectivity index (χ3n) is 3.22. The average molecular weight is 263 g/mol.